The first kappa shape index (κ1) is 18.8. The second-order valence-corrected chi connectivity index (χ2v) is 6.20. The minimum absolute atomic E-state index is 0.184. The fourth-order valence-corrected chi connectivity index (χ4v) is 2.62. The van der Waals surface area contributed by atoms with Crippen LogP contribution in [0.15, 0.2) is 57.0 Å². The number of aromatic amines is 1. The third-order valence-electron chi connectivity index (χ3n) is 3.70. The number of H-pyrrole nitrogens is 1. The quantitative estimate of drug-likeness (QED) is 0.650. The minimum Gasteiger partial charge on any atom is -0.497 e. The molecule has 27 heavy (non-hydrogen) atoms. The molecule has 3 aromatic rings. The molecule has 0 unspecified atom stereocenters. The molecule has 2 N–H and O–H groups in total. The van der Waals surface area contributed by atoms with Crippen LogP contribution in [0.5, 0.6) is 11.6 Å². The van der Waals surface area contributed by atoms with Crippen LogP contribution >= 0.6 is 23.2 Å². The van der Waals surface area contributed by atoms with Gasteiger partial charge in [-0.1, -0.05) is 23.2 Å². The third-order valence-corrected chi connectivity index (χ3v) is 4.44. The molecule has 0 radical (unpaired) electrons. The van der Waals surface area contributed by atoms with Gasteiger partial charge in [0.15, 0.2) is 0 Å². The smallest absolute Gasteiger partial charge is 0.335 e. The molecule has 0 saturated carbocycles. The first-order valence-electron chi connectivity index (χ1n) is 7.62. The predicted octanol–water partition coefficient (Wildman–Crippen LogP) is 3.30. The Labute approximate surface area is 163 Å². The van der Waals surface area contributed by atoms with E-state index in [4.69, 9.17) is 27.9 Å². The maximum absolute atomic E-state index is 12.2. The highest BCUT2D eigenvalue weighted by Crippen LogP contribution is 2.26. The molecule has 7 nitrogen and oxygen atoms in total. The van der Waals surface area contributed by atoms with Gasteiger partial charge in [0.25, 0.3) is 5.56 Å². The van der Waals surface area contributed by atoms with E-state index in [2.05, 4.69) is 9.98 Å². The molecule has 3 rings (SSSR count). The maximum Gasteiger partial charge on any atom is 0.335 e. The van der Waals surface area contributed by atoms with E-state index in [9.17, 15) is 14.7 Å². The average molecular weight is 406 g/mol. The highest BCUT2D eigenvalue weighted by Gasteiger charge is 2.14. The van der Waals surface area contributed by atoms with Crippen LogP contribution in [0.4, 0.5) is 5.69 Å². The Morgan fingerprint density at radius 3 is 2.44 bits per heavy atom. The van der Waals surface area contributed by atoms with Crippen molar-refractivity contribution in [2.75, 3.05) is 7.11 Å². The lowest BCUT2D eigenvalue weighted by molar-refractivity contribution is 0.414. The Hall–Kier alpha value is -3.03. The molecule has 0 amide bonds. The number of hydrogen-bond acceptors (Lipinski definition) is 5. The van der Waals surface area contributed by atoms with Gasteiger partial charge >= 0.3 is 5.69 Å². The number of nitrogens with zero attached hydrogens (tertiary/aromatic N) is 2. The number of nitrogens with one attached hydrogen (secondary N) is 1. The lowest BCUT2D eigenvalue weighted by Crippen LogP contribution is -2.31. The Kier molecular flexibility index (Phi) is 5.34. The highest BCUT2D eigenvalue weighted by atomic mass is 35.5. The molecule has 1 aromatic heterocycles. The summed E-state index contributed by atoms with van der Waals surface area (Å²) in [5, 5.41) is 11.1. The van der Waals surface area contributed by atoms with E-state index in [-0.39, 0.29) is 5.56 Å². The van der Waals surface area contributed by atoms with Crippen LogP contribution in [0.3, 0.4) is 0 Å². The zero-order valence-electron chi connectivity index (χ0n) is 13.9. The molecule has 0 bridgehead atoms. The summed E-state index contributed by atoms with van der Waals surface area (Å²) in [6.07, 6.45) is 1.15. The van der Waals surface area contributed by atoms with Crippen LogP contribution in [0.2, 0.25) is 10.0 Å². The van der Waals surface area contributed by atoms with Crippen molar-refractivity contribution in [3.8, 4) is 17.3 Å². The number of aromatic hydroxyl groups is 1. The van der Waals surface area contributed by atoms with Crippen LogP contribution in [0.25, 0.3) is 5.69 Å². The van der Waals surface area contributed by atoms with Crippen LogP contribution in [0.1, 0.15) is 5.56 Å². The predicted molar refractivity (Wildman–Crippen MR) is 105 cm³/mol. The SMILES string of the molecule is COc1ccc(-n2c(O)c(C=Nc3ccc(Cl)c(Cl)c3)c(=O)[nH]c2=O)cc1. The number of aliphatic imine (C=N–C) groups is 1. The van der Waals surface area contributed by atoms with Gasteiger partial charge in [0.2, 0.25) is 5.88 Å². The summed E-state index contributed by atoms with van der Waals surface area (Å²) >= 11 is 11.8. The number of rotatable bonds is 4. The van der Waals surface area contributed by atoms with Crippen LogP contribution in [-0.4, -0.2) is 28.0 Å². The van der Waals surface area contributed by atoms with E-state index < -0.39 is 17.1 Å². The van der Waals surface area contributed by atoms with Crippen LogP contribution in [0, 0.1) is 0 Å². The first-order valence-corrected chi connectivity index (χ1v) is 8.38. The van der Waals surface area contributed by atoms with E-state index in [1.165, 1.54) is 13.2 Å². The van der Waals surface area contributed by atoms with Crippen molar-refractivity contribution < 1.29 is 9.84 Å². The van der Waals surface area contributed by atoms with E-state index in [1.807, 2.05) is 0 Å². The zero-order valence-corrected chi connectivity index (χ0v) is 15.5. The topological polar surface area (TPSA) is 96.7 Å². The van der Waals surface area contributed by atoms with Gasteiger partial charge in [0.1, 0.15) is 11.3 Å². The van der Waals surface area contributed by atoms with E-state index in [0.717, 1.165) is 10.8 Å². The fraction of sp³-hybridized carbons (Fsp3) is 0.0556. The molecule has 0 fully saturated rings. The van der Waals surface area contributed by atoms with Crippen LogP contribution in [-0.2, 0) is 0 Å². The number of aromatic nitrogens is 2. The Morgan fingerprint density at radius 2 is 1.81 bits per heavy atom. The van der Waals surface area contributed by atoms with Crippen molar-refractivity contribution >= 4 is 35.1 Å². The van der Waals surface area contributed by atoms with Crippen LogP contribution < -0.4 is 16.0 Å². The molecule has 0 aliphatic heterocycles. The second-order valence-electron chi connectivity index (χ2n) is 5.39. The Balaban J connectivity index is 2.08. The number of benzene rings is 2. The Morgan fingerprint density at radius 1 is 1.11 bits per heavy atom. The molecule has 9 heteroatoms. The number of methoxy groups -OCH3 is 1. The van der Waals surface area contributed by atoms with E-state index in [0.29, 0.717) is 27.2 Å². The van der Waals surface area contributed by atoms with Gasteiger partial charge in [-0.2, -0.15) is 0 Å². The summed E-state index contributed by atoms with van der Waals surface area (Å²) in [5.74, 6) is 0.0369. The number of halogens is 2. The van der Waals surface area contributed by atoms with Crippen molar-refractivity contribution in [2.24, 2.45) is 4.99 Å². The normalized spacial score (nSPS) is 11.1. The summed E-state index contributed by atoms with van der Waals surface area (Å²) in [6.45, 7) is 0. The molecule has 0 spiro atoms. The van der Waals surface area contributed by atoms with E-state index >= 15 is 0 Å². The molecule has 0 saturated heterocycles. The lowest BCUT2D eigenvalue weighted by Gasteiger charge is -2.10. The largest absolute Gasteiger partial charge is 0.497 e. The van der Waals surface area contributed by atoms with Crippen molar-refractivity contribution in [3.05, 3.63) is 78.9 Å². The van der Waals surface area contributed by atoms with Gasteiger partial charge in [-0.25, -0.2) is 9.36 Å². The molecule has 138 valence electrons. The summed E-state index contributed by atoms with van der Waals surface area (Å²) in [4.78, 5) is 30.5. The molecular weight excluding hydrogens is 393 g/mol. The summed E-state index contributed by atoms with van der Waals surface area (Å²) in [6, 6.07) is 11.0. The monoisotopic (exact) mass is 405 g/mol. The van der Waals surface area contributed by atoms with Gasteiger partial charge < -0.3 is 9.84 Å². The number of hydrogen-bond donors (Lipinski definition) is 2. The van der Waals surface area contributed by atoms with Gasteiger partial charge in [0, 0.05) is 6.21 Å². The Bertz CT molecular complexity index is 1130. The first-order chi connectivity index (χ1) is 12.9. The van der Waals surface area contributed by atoms with Gasteiger partial charge in [-0.05, 0) is 42.5 Å². The standard InChI is InChI=1S/C18H13Cl2N3O4/c1-27-12-5-3-11(4-6-12)23-17(25)13(16(24)22-18(23)26)9-21-10-2-7-14(19)15(20)8-10/h2-9,25H,1H3,(H,22,24,26). The van der Waals surface area contributed by atoms with Crippen molar-refractivity contribution in [2.45, 2.75) is 0 Å². The number of ether oxygens (including phenoxy) is 1. The molecular formula is C18H13Cl2N3O4. The summed E-state index contributed by atoms with van der Waals surface area (Å²) < 4.78 is 6.02. The van der Waals surface area contributed by atoms with Gasteiger partial charge in [0.05, 0.1) is 28.5 Å². The van der Waals surface area contributed by atoms with Crippen molar-refractivity contribution in [1.29, 1.82) is 0 Å². The molecule has 0 aliphatic rings. The zero-order chi connectivity index (χ0) is 19.6. The molecule has 1 heterocycles. The average Bonchev–Trinajstić information content (AvgIpc) is 2.64. The fourth-order valence-electron chi connectivity index (χ4n) is 2.33. The summed E-state index contributed by atoms with van der Waals surface area (Å²) in [5.41, 5.74) is -0.971. The minimum atomic E-state index is -0.783. The highest BCUT2D eigenvalue weighted by molar-refractivity contribution is 6.42. The van der Waals surface area contributed by atoms with Crippen molar-refractivity contribution in [1.82, 2.24) is 9.55 Å². The van der Waals surface area contributed by atoms with Gasteiger partial charge in [-0.3, -0.25) is 14.8 Å². The summed E-state index contributed by atoms with van der Waals surface area (Å²) in [7, 11) is 1.51. The molecule has 2 aromatic carbocycles. The maximum atomic E-state index is 12.2. The second kappa shape index (κ2) is 7.69. The third kappa shape index (κ3) is 3.89. The molecule has 0 aliphatic carbocycles. The van der Waals surface area contributed by atoms with Gasteiger partial charge in [-0.15, -0.1) is 0 Å². The van der Waals surface area contributed by atoms with E-state index in [1.54, 1.807) is 36.4 Å². The van der Waals surface area contributed by atoms with Crippen molar-refractivity contribution in [3.63, 3.8) is 0 Å². The molecule has 0 atom stereocenters. The lowest BCUT2D eigenvalue weighted by atomic mass is 10.2.